The maximum absolute atomic E-state index is 13.5. The molecule has 2 atom stereocenters. The fourth-order valence-corrected chi connectivity index (χ4v) is 4.68. The van der Waals surface area contributed by atoms with E-state index in [1.807, 2.05) is 0 Å². The fraction of sp³-hybridized carbons (Fsp3) is 0.333. The van der Waals surface area contributed by atoms with Crippen molar-refractivity contribution in [2.45, 2.75) is 31.9 Å². The summed E-state index contributed by atoms with van der Waals surface area (Å²) in [5.74, 6) is -3.54. The van der Waals surface area contributed by atoms with Crippen molar-refractivity contribution < 1.29 is 43.7 Å². The Morgan fingerprint density at radius 1 is 0.930 bits per heavy atom. The van der Waals surface area contributed by atoms with Gasteiger partial charge in [-0.05, 0) is 25.5 Å². The van der Waals surface area contributed by atoms with Gasteiger partial charge in [-0.1, -0.05) is 42.5 Å². The summed E-state index contributed by atoms with van der Waals surface area (Å²) in [6, 6.07) is 15.2. The molecule has 0 radical (unpaired) electrons. The monoisotopic (exact) mass is 592 g/mol. The van der Waals surface area contributed by atoms with Crippen LogP contribution in [0.1, 0.15) is 41.9 Å². The molecule has 2 aromatic carbocycles. The average Bonchev–Trinajstić information content (AvgIpc) is 3.01. The number of aromatic nitrogens is 1. The topological polar surface area (TPSA) is 176 Å². The first-order valence-electron chi connectivity index (χ1n) is 13.7. The number of piperazine rings is 1. The van der Waals surface area contributed by atoms with Gasteiger partial charge in [0.25, 0.3) is 5.91 Å². The highest BCUT2D eigenvalue weighted by Crippen LogP contribution is 2.30. The van der Waals surface area contributed by atoms with E-state index in [-0.39, 0.29) is 57.1 Å². The van der Waals surface area contributed by atoms with Gasteiger partial charge < -0.3 is 34.8 Å². The molecular formula is C30H32N4O9. The first-order chi connectivity index (χ1) is 20.7. The number of pyridine rings is 1. The van der Waals surface area contributed by atoms with Crippen molar-refractivity contribution in [3.63, 3.8) is 0 Å². The molecule has 2 heterocycles. The van der Waals surface area contributed by atoms with Gasteiger partial charge in [-0.2, -0.15) is 0 Å². The molecule has 0 aliphatic carbocycles. The first kappa shape index (κ1) is 30.8. The number of carbonyl (C=O) groups is 5. The zero-order valence-corrected chi connectivity index (χ0v) is 23.5. The number of carbonyl (C=O) groups excluding carboxylic acids is 3. The summed E-state index contributed by atoms with van der Waals surface area (Å²) in [6.07, 6.45) is -2.41. The maximum atomic E-state index is 13.5. The number of fused-ring (bicyclic) bond motifs is 1. The normalized spacial score (nSPS) is 14.4. The van der Waals surface area contributed by atoms with Crippen LogP contribution in [-0.2, 0) is 19.1 Å². The number of rotatable bonds is 11. The number of hydrogen-bond donors (Lipinski definition) is 3. The fourth-order valence-electron chi connectivity index (χ4n) is 4.68. The second kappa shape index (κ2) is 14.1. The third-order valence-electron chi connectivity index (χ3n) is 6.85. The Morgan fingerprint density at radius 3 is 2.23 bits per heavy atom. The van der Waals surface area contributed by atoms with Crippen molar-refractivity contribution in [3.05, 3.63) is 71.9 Å². The number of hydrogen-bond acceptors (Lipinski definition) is 8. The summed E-state index contributed by atoms with van der Waals surface area (Å²) in [5.41, 5.74) is 0.598. The van der Waals surface area contributed by atoms with Crippen LogP contribution in [0.4, 0.5) is 4.79 Å². The number of nitrogens with one attached hydrogen (secondary N) is 1. The Bertz CT molecular complexity index is 1490. The van der Waals surface area contributed by atoms with E-state index < -0.39 is 42.0 Å². The molecule has 4 rings (SSSR count). The van der Waals surface area contributed by atoms with Gasteiger partial charge in [-0.25, -0.2) is 14.6 Å². The number of para-hydroxylation sites is 1. The summed E-state index contributed by atoms with van der Waals surface area (Å²) < 4.78 is 10.9. The summed E-state index contributed by atoms with van der Waals surface area (Å²) in [6.45, 7) is 2.73. The molecule has 1 saturated heterocycles. The number of carboxylic acids is 2. The molecule has 43 heavy (non-hydrogen) atoms. The number of carboxylic acid groups (broad SMARTS) is 2. The molecule has 226 valence electrons. The van der Waals surface area contributed by atoms with Gasteiger partial charge in [0.2, 0.25) is 12.0 Å². The van der Waals surface area contributed by atoms with Gasteiger partial charge in [0.15, 0.2) is 0 Å². The van der Waals surface area contributed by atoms with Crippen LogP contribution in [0.25, 0.3) is 10.9 Å². The van der Waals surface area contributed by atoms with Gasteiger partial charge in [-0.15, -0.1) is 0 Å². The van der Waals surface area contributed by atoms with Crippen molar-refractivity contribution in [2.75, 3.05) is 32.8 Å². The highest BCUT2D eigenvalue weighted by molar-refractivity contribution is 5.99. The summed E-state index contributed by atoms with van der Waals surface area (Å²) >= 11 is 0. The second-order valence-electron chi connectivity index (χ2n) is 9.74. The van der Waals surface area contributed by atoms with E-state index in [9.17, 15) is 34.2 Å². The molecule has 0 saturated carbocycles. The number of amides is 3. The zero-order chi connectivity index (χ0) is 30.9. The van der Waals surface area contributed by atoms with Crippen LogP contribution in [0, 0.1) is 0 Å². The largest absolute Gasteiger partial charge is 0.481 e. The van der Waals surface area contributed by atoms with Gasteiger partial charge in [-0.3, -0.25) is 14.4 Å². The van der Waals surface area contributed by atoms with Crippen LogP contribution in [0.3, 0.4) is 0 Å². The van der Waals surface area contributed by atoms with Crippen LogP contribution in [0.2, 0.25) is 0 Å². The minimum absolute atomic E-state index is 0.0931. The molecule has 13 nitrogen and oxygen atoms in total. The number of nitrogens with zero attached hydrogens (tertiary/aromatic N) is 3. The maximum Gasteiger partial charge on any atom is 0.409 e. The van der Waals surface area contributed by atoms with E-state index in [1.54, 1.807) is 61.5 Å². The molecule has 3 amide bonds. The van der Waals surface area contributed by atoms with Crippen molar-refractivity contribution in [1.82, 2.24) is 20.1 Å². The molecule has 1 unspecified atom stereocenters. The second-order valence-corrected chi connectivity index (χ2v) is 9.74. The minimum Gasteiger partial charge on any atom is -0.481 e. The molecule has 3 N–H and O–H groups in total. The zero-order valence-electron chi connectivity index (χ0n) is 23.5. The average molecular weight is 593 g/mol. The molecule has 1 fully saturated rings. The lowest BCUT2D eigenvalue weighted by molar-refractivity contribution is -0.145. The SMILES string of the molecule is CCOC(=O)N1CCN(C(=O)[C@H](CCC(=O)O)NC(=O)c2cc(OC(C(=O)O)c3ccccc3)c3ccccc3n2)CC1. The molecule has 1 aliphatic rings. The molecule has 0 bridgehead atoms. The minimum atomic E-state index is -1.37. The number of ether oxygens (including phenoxy) is 2. The van der Waals surface area contributed by atoms with Crippen molar-refractivity contribution >= 4 is 40.7 Å². The van der Waals surface area contributed by atoms with Crippen LogP contribution in [0.5, 0.6) is 5.75 Å². The molecule has 13 heteroatoms. The van der Waals surface area contributed by atoms with Crippen molar-refractivity contribution in [3.8, 4) is 5.75 Å². The van der Waals surface area contributed by atoms with Crippen molar-refractivity contribution in [1.29, 1.82) is 0 Å². The lowest BCUT2D eigenvalue weighted by Gasteiger charge is -2.35. The summed E-state index contributed by atoms with van der Waals surface area (Å²) in [4.78, 5) is 69.6. The van der Waals surface area contributed by atoms with E-state index in [2.05, 4.69) is 10.3 Å². The Balaban J connectivity index is 1.57. The lowest BCUT2D eigenvalue weighted by Crippen LogP contribution is -2.56. The van der Waals surface area contributed by atoms with Crippen LogP contribution in [0.15, 0.2) is 60.7 Å². The summed E-state index contributed by atoms with van der Waals surface area (Å²) in [5, 5.41) is 22.2. The number of benzene rings is 2. The van der Waals surface area contributed by atoms with Crippen LogP contribution < -0.4 is 10.1 Å². The van der Waals surface area contributed by atoms with Gasteiger partial charge in [0, 0.05) is 49.6 Å². The Labute approximate surface area is 247 Å². The predicted octanol–water partition coefficient (Wildman–Crippen LogP) is 2.70. The van der Waals surface area contributed by atoms with E-state index in [4.69, 9.17) is 9.47 Å². The Hall–Kier alpha value is -5.20. The summed E-state index contributed by atoms with van der Waals surface area (Å²) in [7, 11) is 0. The van der Waals surface area contributed by atoms with E-state index in [1.165, 1.54) is 15.9 Å². The van der Waals surface area contributed by atoms with Crippen LogP contribution >= 0.6 is 0 Å². The van der Waals surface area contributed by atoms with Gasteiger partial charge in [0.1, 0.15) is 17.5 Å². The third-order valence-corrected chi connectivity index (χ3v) is 6.85. The van der Waals surface area contributed by atoms with E-state index in [0.717, 1.165) is 0 Å². The van der Waals surface area contributed by atoms with Gasteiger partial charge in [0.05, 0.1) is 12.1 Å². The molecule has 0 spiro atoms. The van der Waals surface area contributed by atoms with E-state index >= 15 is 0 Å². The Kier molecular flexibility index (Phi) is 10.1. The predicted molar refractivity (Wildman–Crippen MR) is 152 cm³/mol. The standard InChI is InChI=1S/C30H32N4O9/c1-2-42-30(41)34-16-14-33(15-17-34)28(38)22(12-13-25(35)36)32-27(37)23-18-24(20-10-6-7-11-21(20)31-23)43-26(29(39)40)19-8-4-3-5-9-19/h3-11,18,22,26H,2,12-17H2,1H3,(H,32,37)(H,35,36)(H,39,40)/t22-,26?/m0/s1. The van der Waals surface area contributed by atoms with Gasteiger partial charge >= 0.3 is 18.0 Å². The lowest BCUT2D eigenvalue weighted by atomic mass is 10.1. The Morgan fingerprint density at radius 2 is 1.58 bits per heavy atom. The molecular weight excluding hydrogens is 560 g/mol. The highest BCUT2D eigenvalue weighted by atomic mass is 16.6. The smallest absolute Gasteiger partial charge is 0.409 e. The number of aliphatic carboxylic acids is 2. The quantitative estimate of drug-likeness (QED) is 0.300. The molecule has 1 aliphatic heterocycles. The molecule has 1 aromatic heterocycles. The van der Waals surface area contributed by atoms with Crippen molar-refractivity contribution in [2.24, 2.45) is 0 Å². The molecule has 3 aromatic rings. The van der Waals surface area contributed by atoms with E-state index in [0.29, 0.717) is 16.5 Å². The first-order valence-corrected chi connectivity index (χ1v) is 13.7. The highest BCUT2D eigenvalue weighted by Gasteiger charge is 2.31. The van der Waals surface area contributed by atoms with Crippen LogP contribution in [-0.4, -0.2) is 93.7 Å². The third kappa shape index (κ3) is 7.76.